The van der Waals surface area contributed by atoms with E-state index in [0.29, 0.717) is 17.8 Å². The molecule has 1 atom stereocenters. The normalized spacial score (nSPS) is 13.3. The molecule has 0 aliphatic heterocycles. The van der Waals surface area contributed by atoms with Gasteiger partial charge in [-0.15, -0.1) is 0 Å². The second kappa shape index (κ2) is 12.0. The summed E-state index contributed by atoms with van der Waals surface area (Å²) < 4.78 is 90.6. The Morgan fingerprint density at radius 2 is 1.27 bits per heavy atom. The summed E-state index contributed by atoms with van der Waals surface area (Å²) in [6.07, 6.45) is -11.5. The molecule has 13 heteroatoms. The van der Waals surface area contributed by atoms with Gasteiger partial charge in [0.25, 0.3) is 0 Å². The van der Waals surface area contributed by atoms with Crippen LogP contribution in [0.5, 0.6) is 0 Å². The molecule has 0 heterocycles. The molecule has 0 aliphatic rings. The van der Waals surface area contributed by atoms with Crippen molar-refractivity contribution in [1.29, 1.82) is 0 Å². The number of anilines is 1. The number of halogens is 6. The SMILES string of the molecule is CNc1ccc(C(=O)c2cc(C(F)(F)F)cc(C(F)(F)F)c2)cc1CC(NC(=O)OC(C)(C)C)C(=O)OC(C)(C)C. The molecule has 0 bridgehead atoms. The van der Waals surface area contributed by atoms with Gasteiger partial charge in [0.05, 0.1) is 11.1 Å². The number of hydrogen-bond donors (Lipinski definition) is 2. The lowest BCUT2D eigenvalue weighted by Gasteiger charge is -2.26. The molecule has 7 nitrogen and oxygen atoms in total. The van der Waals surface area contributed by atoms with Crippen LogP contribution in [0.2, 0.25) is 0 Å². The summed E-state index contributed by atoms with van der Waals surface area (Å²) in [4.78, 5) is 38.6. The van der Waals surface area contributed by atoms with E-state index in [2.05, 4.69) is 10.6 Å². The predicted octanol–water partition coefficient (Wildman–Crippen LogP) is 6.77. The van der Waals surface area contributed by atoms with Crippen molar-refractivity contribution in [1.82, 2.24) is 5.32 Å². The molecule has 1 unspecified atom stereocenters. The number of alkyl carbamates (subject to hydrolysis) is 1. The third kappa shape index (κ3) is 9.98. The Labute approximate surface area is 233 Å². The number of rotatable bonds is 7. The van der Waals surface area contributed by atoms with E-state index >= 15 is 0 Å². The fourth-order valence-corrected chi connectivity index (χ4v) is 3.64. The number of benzene rings is 2. The molecule has 0 radical (unpaired) electrons. The highest BCUT2D eigenvalue weighted by molar-refractivity contribution is 6.09. The van der Waals surface area contributed by atoms with Crippen LogP contribution in [0.1, 0.15) is 74.2 Å². The van der Waals surface area contributed by atoms with Crippen LogP contribution in [0.3, 0.4) is 0 Å². The molecule has 2 aromatic rings. The lowest BCUT2D eigenvalue weighted by Crippen LogP contribution is -2.47. The van der Waals surface area contributed by atoms with Gasteiger partial charge in [0.15, 0.2) is 5.78 Å². The lowest BCUT2D eigenvalue weighted by molar-refractivity contribution is -0.157. The van der Waals surface area contributed by atoms with Gasteiger partial charge in [-0.3, -0.25) is 4.79 Å². The zero-order valence-electron chi connectivity index (χ0n) is 23.6. The molecule has 41 heavy (non-hydrogen) atoms. The number of alkyl halides is 6. The number of amides is 1. The molecule has 0 saturated carbocycles. The van der Waals surface area contributed by atoms with Crippen molar-refractivity contribution in [2.75, 3.05) is 12.4 Å². The van der Waals surface area contributed by atoms with Gasteiger partial charge in [0, 0.05) is 30.3 Å². The molecule has 0 fully saturated rings. The van der Waals surface area contributed by atoms with E-state index in [0.717, 1.165) is 0 Å². The van der Waals surface area contributed by atoms with E-state index in [1.54, 1.807) is 41.5 Å². The van der Waals surface area contributed by atoms with Crippen molar-refractivity contribution in [3.63, 3.8) is 0 Å². The third-order valence-corrected chi connectivity index (χ3v) is 5.29. The topological polar surface area (TPSA) is 93.7 Å². The number of carbonyl (C=O) groups excluding carboxylic acids is 3. The van der Waals surface area contributed by atoms with Crippen molar-refractivity contribution >= 4 is 23.5 Å². The van der Waals surface area contributed by atoms with Gasteiger partial charge in [-0.05, 0) is 83.5 Å². The average molecular weight is 591 g/mol. The molecule has 0 saturated heterocycles. The van der Waals surface area contributed by atoms with Gasteiger partial charge in [-0.1, -0.05) is 0 Å². The Morgan fingerprint density at radius 3 is 1.71 bits per heavy atom. The van der Waals surface area contributed by atoms with Gasteiger partial charge in [0.1, 0.15) is 17.2 Å². The smallest absolute Gasteiger partial charge is 0.416 e. The zero-order chi connectivity index (χ0) is 31.6. The number of ketones is 1. The molecule has 2 aromatic carbocycles. The van der Waals surface area contributed by atoms with E-state index in [4.69, 9.17) is 9.47 Å². The van der Waals surface area contributed by atoms with E-state index in [1.807, 2.05) is 0 Å². The maximum atomic E-state index is 13.3. The summed E-state index contributed by atoms with van der Waals surface area (Å²) in [6, 6.07) is 3.10. The maximum Gasteiger partial charge on any atom is 0.416 e. The van der Waals surface area contributed by atoms with E-state index in [1.165, 1.54) is 25.2 Å². The van der Waals surface area contributed by atoms with E-state index in [-0.39, 0.29) is 23.6 Å². The monoisotopic (exact) mass is 590 g/mol. The Bertz CT molecular complexity index is 1260. The fraction of sp³-hybridized carbons (Fsp3) is 0.464. The molecule has 0 spiro atoms. The first-order chi connectivity index (χ1) is 18.5. The Hall–Kier alpha value is -3.77. The van der Waals surface area contributed by atoms with E-state index in [9.17, 15) is 40.7 Å². The highest BCUT2D eigenvalue weighted by Crippen LogP contribution is 2.37. The van der Waals surface area contributed by atoms with Crippen LogP contribution >= 0.6 is 0 Å². The summed E-state index contributed by atoms with van der Waals surface area (Å²) in [5.74, 6) is -1.95. The minimum absolute atomic E-state index is 0.0694. The molecule has 2 N–H and O–H groups in total. The predicted molar refractivity (Wildman–Crippen MR) is 139 cm³/mol. The largest absolute Gasteiger partial charge is 0.458 e. The van der Waals surface area contributed by atoms with Crippen LogP contribution in [0.15, 0.2) is 36.4 Å². The second-order valence-electron chi connectivity index (χ2n) is 11.2. The Balaban J connectivity index is 2.55. The van der Waals surface area contributed by atoms with Crippen LogP contribution in [-0.2, 0) is 33.0 Å². The van der Waals surface area contributed by atoms with Gasteiger partial charge >= 0.3 is 24.4 Å². The van der Waals surface area contributed by atoms with Crippen molar-refractivity contribution < 1.29 is 50.2 Å². The second-order valence-corrected chi connectivity index (χ2v) is 11.2. The number of esters is 1. The number of nitrogens with one attached hydrogen (secondary N) is 2. The molecule has 0 aliphatic carbocycles. The Kier molecular flexibility index (Phi) is 9.78. The maximum absolute atomic E-state index is 13.3. The van der Waals surface area contributed by atoms with Gasteiger partial charge < -0.3 is 20.1 Å². The summed E-state index contributed by atoms with van der Waals surface area (Å²) in [7, 11) is 1.52. The van der Waals surface area contributed by atoms with Gasteiger partial charge in [-0.2, -0.15) is 26.3 Å². The minimum atomic E-state index is -5.13. The van der Waals surface area contributed by atoms with Crippen molar-refractivity contribution in [3.05, 3.63) is 64.2 Å². The van der Waals surface area contributed by atoms with Crippen LogP contribution in [-0.4, -0.2) is 42.1 Å². The number of ether oxygens (including phenoxy) is 2. The lowest BCUT2D eigenvalue weighted by atomic mass is 9.94. The summed E-state index contributed by atoms with van der Waals surface area (Å²) in [5.41, 5.74) is -5.55. The minimum Gasteiger partial charge on any atom is -0.458 e. The van der Waals surface area contributed by atoms with Gasteiger partial charge in [0.2, 0.25) is 0 Å². The molecule has 2 rings (SSSR count). The zero-order valence-corrected chi connectivity index (χ0v) is 23.6. The summed E-state index contributed by atoms with van der Waals surface area (Å²) >= 11 is 0. The average Bonchev–Trinajstić information content (AvgIpc) is 2.79. The number of hydrogen-bond acceptors (Lipinski definition) is 6. The highest BCUT2D eigenvalue weighted by atomic mass is 19.4. The van der Waals surface area contributed by atoms with Crippen LogP contribution in [0.4, 0.5) is 36.8 Å². The van der Waals surface area contributed by atoms with E-state index < -0.39 is 64.1 Å². The van der Waals surface area contributed by atoms with Gasteiger partial charge in [-0.25, -0.2) is 9.59 Å². The van der Waals surface area contributed by atoms with Crippen molar-refractivity contribution in [2.45, 2.75) is 77.6 Å². The van der Waals surface area contributed by atoms with Crippen LogP contribution in [0.25, 0.3) is 0 Å². The molecular formula is C28H32F6N2O5. The highest BCUT2D eigenvalue weighted by Gasteiger charge is 2.38. The fourth-order valence-electron chi connectivity index (χ4n) is 3.64. The Morgan fingerprint density at radius 1 is 0.756 bits per heavy atom. The van der Waals surface area contributed by atoms with Crippen molar-refractivity contribution in [2.24, 2.45) is 0 Å². The first kappa shape index (κ1) is 33.4. The molecule has 1 amide bonds. The van der Waals surface area contributed by atoms with Crippen LogP contribution < -0.4 is 10.6 Å². The molecular weight excluding hydrogens is 558 g/mol. The summed E-state index contributed by atoms with van der Waals surface area (Å²) in [5, 5.41) is 5.26. The first-order valence-corrected chi connectivity index (χ1v) is 12.4. The molecule has 0 aromatic heterocycles. The first-order valence-electron chi connectivity index (χ1n) is 12.4. The summed E-state index contributed by atoms with van der Waals surface area (Å²) in [6.45, 7) is 9.66. The standard InChI is InChI=1S/C28H32F6N2O5/c1-25(2,3)40-23(38)21(36-24(39)41-26(4,5)6)13-16-10-15(8-9-20(16)35-7)22(37)17-11-18(27(29,30)31)14-19(12-17)28(32,33)34/h8-12,14,21,35H,13H2,1-7H3,(H,36,39). The third-order valence-electron chi connectivity index (χ3n) is 5.29. The van der Waals surface area contributed by atoms with Crippen molar-refractivity contribution in [3.8, 4) is 0 Å². The quantitative estimate of drug-likeness (QED) is 0.210. The van der Waals surface area contributed by atoms with Crippen LogP contribution in [0, 0.1) is 0 Å². The molecule has 226 valence electrons. The number of carbonyl (C=O) groups is 3.